The van der Waals surface area contributed by atoms with Crippen LogP contribution in [0.1, 0.15) is 78.2 Å². The van der Waals surface area contributed by atoms with Crippen molar-refractivity contribution >= 4 is 18.4 Å². The number of unbranched alkanes of at least 4 members (excludes halogenated alkanes) is 3. The molecule has 0 bridgehead atoms. The number of benzene rings is 1. The summed E-state index contributed by atoms with van der Waals surface area (Å²) in [5, 5.41) is 0. The summed E-state index contributed by atoms with van der Waals surface area (Å²) in [5.41, 5.74) is 1.49. The fourth-order valence-corrected chi connectivity index (χ4v) is 18.4. The number of hydrogen-bond donors (Lipinski definition) is 0. The van der Waals surface area contributed by atoms with E-state index >= 15 is 0 Å². The number of hydrogen-bond acceptors (Lipinski definition) is 0. The van der Waals surface area contributed by atoms with Gasteiger partial charge in [0.15, 0.2) is 0 Å². The molecule has 0 aromatic heterocycles. The van der Waals surface area contributed by atoms with Crippen molar-refractivity contribution in [2.24, 2.45) is 5.92 Å². The molecule has 0 aliphatic carbocycles. The fourth-order valence-electron chi connectivity index (χ4n) is 3.72. The Bertz CT molecular complexity index is 427. The van der Waals surface area contributed by atoms with Gasteiger partial charge in [0.25, 0.3) is 0 Å². The summed E-state index contributed by atoms with van der Waals surface area (Å²) in [7, 11) is 0. The van der Waals surface area contributed by atoms with Crippen molar-refractivity contribution in [2.75, 3.05) is 0 Å². The Morgan fingerprint density at radius 2 is 1.36 bits per heavy atom. The Balaban J connectivity index is 2.68. The van der Waals surface area contributed by atoms with E-state index in [0.717, 1.165) is 5.92 Å². The Morgan fingerprint density at radius 3 is 1.84 bits per heavy atom. The molecular formula is C24H42Sn. The Labute approximate surface area is 162 Å². The zero-order valence-corrected chi connectivity index (χ0v) is 20.3. The van der Waals surface area contributed by atoms with Gasteiger partial charge in [-0.2, -0.15) is 0 Å². The van der Waals surface area contributed by atoms with E-state index < -0.39 is 18.4 Å². The molecule has 1 atom stereocenters. The molecule has 25 heavy (non-hydrogen) atoms. The molecule has 0 saturated heterocycles. The first-order valence-corrected chi connectivity index (χ1v) is 18.6. The van der Waals surface area contributed by atoms with Crippen LogP contribution in [0.3, 0.4) is 0 Å². The predicted octanol–water partition coefficient (Wildman–Crippen LogP) is 8.20. The first-order chi connectivity index (χ1) is 12.2. The Hall–Kier alpha value is -0.241. The molecule has 0 radical (unpaired) electrons. The summed E-state index contributed by atoms with van der Waals surface area (Å²) >= 11 is -2.07. The maximum absolute atomic E-state index is 2.85. The fraction of sp³-hybridized carbons (Fsp3) is 0.667. The van der Waals surface area contributed by atoms with Crippen LogP contribution < -0.4 is 0 Å². The summed E-state index contributed by atoms with van der Waals surface area (Å²) in [6.07, 6.45) is 13.6. The Morgan fingerprint density at radius 1 is 0.840 bits per heavy atom. The molecule has 1 heteroatoms. The van der Waals surface area contributed by atoms with Crippen molar-refractivity contribution in [3.8, 4) is 0 Å². The average Bonchev–Trinajstić information content (AvgIpc) is 2.66. The second-order valence-electron chi connectivity index (χ2n) is 8.03. The second-order valence-corrected chi connectivity index (χ2v) is 21.0. The summed E-state index contributed by atoms with van der Waals surface area (Å²) in [4.78, 5) is 0. The van der Waals surface area contributed by atoms with Gasteiger partial charge < -0.3 is 0 Å². The van der Waals surface area contributed by atoms with Gasteiger partial charge in [-0.3, -0.25) is 0 Å². The molecule has 0 saturated carbocycles. The molecular weight excluding hydrogens is 407 g/mol. The van der Waals surface area contributed by atoms with E-state index in [4.69, 9.17) is 0 Å². The SMILES string of the molecule is CCC[CH2][Sn](/[CH]=C\[C@@H](C)CCc1ccccc1)([CH2]CCC)[CH2]CCC. The van der Waals surface area contributed by atoms with E-state index in [2.05, 4.69) is 68.2 Å². The molecule has 0 unspecified atom stereocenters. The van der Waals surface area contributed by atoms with Crippen LogP contribution in [0.25, 0.3) is 0 Å². The van der Waals surface area contributed by atoms with Crippen molar-refractivity contribution < 1.29 is 0 Å². The van der Waals surface area contributed by atoms with Gasteiger partial charge >= 0.3 is 163 Å². The van der Waals surface area contributed by atoms with Crippen LogP contribution in [0.5, 0.6) is 0 Å². The molecule has 0 spiro atoms. The van der Waals surface area contributed by atoms with E-state index in [-0.39, 0.29) is 0 Å². The predicted molar refractivity (Wildman–Crippen MR) is 118 cm³/mol. The third-order valence-electron chi connectivity index (χ3n) is 5.59. The van der Waals surface area contributed by atoms with Gasteiger partial charge in [-0.15, -0.1) is 0 Å². The molecule has 0 heterocycles. The van der Waals surface area contributed by atoms with Crippen molar-refractivity contribution in [1.29, 1.82) is 0 Å². The summed E-state index contributed by atoms with van der Waals surface area (Å²) < 4.78 is 7.62. The van der Waals surface area contributed by atoms with Crippen molar-refractivity contribution in [2.45, 2.75) is 92.4 Å². The van der Waals surface area contributed by atoms with Gasteiger partial charge in [-0.1, -0.05) is 0 Å². The van der Waals surface area contributed by atoms with Crippen LogP contribution in [-0.4, -0.2) is 18.4 Å². The van der Waals surface area contributed by atoms with Gasteiger partial charge in [0, 0.05) is 0 Å². The van der Waals surface area contributed by atoms with Gasteiger partial charge in [-0.25, -0.2) is 0 Å². The first-order valence-electron chi connectivity index (χ1n) is 10.9. The van der Waals surface area contributed by atoms with Gasteiger partial charge in [0.05, 0.1) is 0 Å². The monoisotopic (exact) mass is 450 g/mol. The number of allylic oxidation sites excluding steroid dienone is 1. The molecule has 0 fully saturated rings. The molecule has 1 rings (SSSR count). The van der Waals surface area contributed by atoms with Crippen molar-refractivity contribution in [3.05, 3.63) is 46.1 Å². The standard InChI is InChI=1S/C12H15.3C4H9.Sn/c1-3-11(2)9-10-12-7-5-4-6-8-12;3*1-3-4-2;/h1,3-8,11H,9-10H2,2H3;3*1,3-4H2,2H3;/t11-;;;;/m1..../s1. The minimum absolute atomic E-state index is 0.723. The molecule has 0 amide bonds. The van der Waals surface area contributed by atoms with Crippen LogP contribution in [0.4, 0.5) is 0 Å². The van der Waals surface area contributed by atoms with E-state index in [1.54, 1.807) is 13.3 Å². The summed E-state index contributed by atoms with van der Waals surface area (Å²) in [6.45, 7) is 9.52. The van der Waals surface area contributed by atoms with Crippen molar-refractivity contribution in [1.82, 2.24) is 0 Å². The van der Waals surface area contributed by atoms with Crippen LogP contribution in [-0.2, 0) is 6.42 Å². The molecule has 0 nitrogen and oxygen atoms in total. The van der Waals surface area contributed by atoms with Gasteiger partial charge in [-0.05, 0) is 0 Å². The second kappa shape index (κ2) is 13.9. The van der Waals surface area contributed by atoms with Crippen LogP contribution in [0.15, 0.2) is 40.5 Å². The third kappa shape index (κ3) is 9.87. The topological polar surface area (TPSA) is 0 Å². The summed E-state index contributed by atoms with van der Waals surface area (Å²) in [6, 6.07) is 11.0. The first kappa shape index (κ1) is 22.8. The zero-order valence-electron chi connectivity index (χ0n) is 17.4. The van der Waals surface area contributed by atoms with E-state index in [1.165, 1.54) is 56.9 Å². The van der Waals surface area contributed by atoms with E-state index in [1.807, 2.05) is 0 Å². The quantitative estimate of drug-likeness (QED) is 0.251. The Kier molecular flexibility index (Phi) is 12.7. The molecule has 0 aliphatic rings. The zero-order chi connectivity index (χ0) is 18.4. The van der Waals surface area contributed by atoms with Gasteiger partial charge in [0.2, 0.25) is 0 Å². The molecule has 0 aliphatic heterocycles. The van der Waals surface area contributed by atoms with E-state index in [9.17, 15) is 0 Å². The van der Waals surface area contributed by atoms with Crippen LogP contribution in [0.2, 0.25) is 13.3 Å². The number of aryl methyl sites for hydroxylation is 1. The normalized spacial score (nSPS) is 13.4. The molecule has 1 aromatic rings. The van der Waals surface area contributed by atoms with Gasteiger partial charge in [0.1, 0.15) is 0 Å². The molecule has 1 aromatic carbocycles. The van der Waals surface area contributed by atoms with E-state index in [0.29, 0.717) is 0 Å². The van der Waals surface area contributed by atoms with Crippen molar-refractivity contribution in [3.63, 3.8) is 0 Å². The maximum atomic E-state index is 2.85. The third-order valence-corrected chi connectivity index (χ3v) is 19.7. The van der Waals surface area contributed by atoms with Crippen LogP contribution in [0, 0.1) is 5.92 Å². The average molecular weight is 449 g/mol. The molecule has 0 N–H and O–H groups in total. The number of rotatable bonds is 14. The molecule has 142 valence electrons. The minimum atomic E-state index is -2.07. The summed E-state index contributed by atoms with van der Waals surface area (Å²) in [5.74, 6) is 0.723. The van der Waals surface area contributed by atoms with Crippen LogP contribution >= 0.6 is 0 Å².